The van der Waals surface area contributed by atoms with Crippen molar-refractivity contribution in [1.29, 1.82) is 0 Å². The van der Waals surface area contributed by atoms with E-state index in [0.717, 1.165) is 18.6 Å². The number of rotatable bonds is 6. The van der Waals surface area contributed by atoms with Gasteiger partial charge in [-0.3, -0.25) is 4.79 Å². The molecule has 1 fully saturated rings. The molecule has 0 saturated carbocycles. The van der Waals surface area contributed by atoms with Crippen LogP contribution < -0.4 is 10.6 Å². The second-order valence-electron chi connectivity index (χ2n) is 4.38. The third-order valence-electron chi connectivity index (χ3n) is 3.06. The van der Waals surface area contributed by atoms with Gasteiger partial charge in [0.05, 0.1) is 6.54 Å². The lowest BCUT2D eigenvalue weighted by atomic mass is 10.1. The van der Waals surface area contributed by atoms with Gasteiger partial charge in [-0.25, -0.2) is 0 Å². The van der Waals surface area contributed by atoms with Crippen LogP contribution in [0.5, 0.6) is 0 Å². The summed E-state index contributed by atoms with van der Waals surface area (Å²) in [6.45, 7) is 4.70. The fourth-order valence-electron chi connectivity index (χ4n) is 1.91. The first kappa shape index (κ1) is 13.8. The van der Waals surface area contributed by atoms with Crippen LogP contribution in [-0.2, 0) is 4.79 Å². The first-order chi connectivity index (χ1) is 7.76. The summed E-state index contributed by atoms with van der Waals surface area (Å²) in [6.07, 6.45) is 4.52. The molecule has 94 valence electrons. The number of hydrogen-bond acceptors (Lipinski definition) is 3. The molecule has 1 aliphatic heterocycles. The maximum absolute atomic E-state index is 11.6. The smallest absolute Gasteiger partial charge is 0.234 e. The standard InChI is InChI=1S/C12H24N2OS/c1-3-10(4-2)14-12(15)8-13-11-6-5-7-16-9-11/h10-11,13H,3-9H2,1-2H3,(H,14,15). The number of hydrogen-bond donors (Lipinski definition) is 2. The van der Waals surface area contributed by atoms with Gasteiger partial charge < -0.3 is 10.6 Å². The summed E-state index contributed by atoms with van der Waals surface area (Å²) in [5.74, 6) is 2.57. The highest BCUT2D eigenvalue weighted by Gasteiger charge is 2.15. The molecule has 0 aromatic carbocycles. The zero-order chi connectivity index (χ0) is 11.8. The van der Waals surface area contributed by atoms with E-state index in [9.17, 15) is 4.79 Å². The molecule has 0 bridgehead atoms. The van der Waals surface area contributed by atoms with Crippen LogP contribution in [0, 0.1) is 0 Å². The van der Waals surface area contributed by atoms with E-state index in [0.29, 0.717) is 18.6 Å². The maximum atomic E-state index is 11.6. The van der Waals surface area contributed by atoms with Crippen LogP contribution >= 0.6 is 11.8 Å². The monoisotopic (exact) mass is 244 g/mol. The molecule has 4 heteroatoms. The molecule has 1 aliphatic rings. The summed E-state index contributed by atoms with van der Waals surface area (Å²) in [6, 6.07) is 0.876. The highest BCUT2D eigenvalue weighted by atomic mass is 32.2. The molecule has 1 rings (SSSR count). The molecule has 1 amide bonds. The molecule has 0 radical (unpaired) electrons. The molecule has 1 saturated heterocycles. The average Bonchev–Trinajstić information content (AvgIpc) is 2.34. The Kier molecular flexibility index (Phi) is 6.88. The van der Waals surface area contributed by atoms with Crippen LogP contribution in [0.25, 0.3) is 0 Å². The van der Waals surface area contributed by atoms with Gasteiger partial charge in [0.1, 0.15) is 0 Å². The Balaban J connectivity index is 2.13. The quantitative estimate of drug-likeness (QED) is 0.748. The Bertz CT molecular complexity index is 201. The van der Waals surface area contributed by atoms with Gasteiger partial charge in [0.2, 0.25) is 5.91 Å². The Labute approximate surface area is 103 Å². The van der Waals surface area contributed by atoms with E-state index >= 15 is 0 Å². The van der Waals surface area contributed by atoms with Gasteiger partial charge in [0, 0.05) is 17.8 Å². The van der Waals surface area contributed by atoms with Gasteiger partial charge in [-0.2, -0.15) is 11.8 Å². The largest absolute Gasteiger partial charge is 0.352 e. The van der Waals surface area contributed by atoms with Crippen molar-refractivity contribution in [3.63, 3.8) is 0 Å². The zero-order valence-corrected chi connectivity index (χ0v) is 11.2. The third kappa shape index (κ3) is 5.21. The molecular weight excluding hydrogens is 220 g/mol. The van der Waals surface area contributed by atoms with E-state index in [2.05, 4.69) is 24.5 Å². The maximum Gasteiger partial charge on any atom is 0.234 e. The zero-order valence-electron chi connectivity index (χ0n) is 10.4. The lowest BCUT2D eigenvalue weighted by molar-refractivity contribution is -0.121. The molecular formula is C12H24N2OS. The number of carbonyl (C=O) groups excluding carboxylic acids is 1. The molecule has 1 heterocycles. The number of nitrogens with one attached hydrogen (secondary N) is 2. The second kappa shape index (κ2) is 7.96. The minimum absolute atomic E-state index is 0.143. The first-order valence-electron chi connectivity index (χ1n) is 6.36. The fourth-order valence-corrected chi connectivity index (χ4v) is 3.02. The number of thioether (sulfide) groups is 1. The van der Waals surface area contributed by atoms with Crippen LogP contribution in [0.3, 0.4) is 0 Å². The van der Waals surface area contributed by atoms with E-state index in [1.165, 1.54) is 18.6 Å². The van der Waals surface area contributed by atoms with Crippen molar-refractivity contribution in [2.75, 3.05) is 18.1 Å². The molecule has 0 aromatic heterocycles. The predicted octanol–water partition coefficient (Wildman–Crippen LogP) is 1.78. The fraction of sp³-hybridized carbons (Fsp3) is 0.917. The van der Waals surface area contributed by atoms with Gasteiger partial charge in [0.25, 0.3) is 0 Å². The number of amides is 1. The van der Waals surface area contributed by atoms with Crippen molar-refractivity contribution in [1.82, 2.24) is 10.6 Å². The lowest BCUT2D eigenvalue weighted by Gasteiger charge is -2.23. The van der Waals surface area contributed by atoms with Crippen LogP contribution in [0.4, 0.5) is 0 Å². The lowest BCUT2D eigenvalue weighted by Crippen LogP contribution is -2.44. The van der Waals surface area contributed by atoms with Crippen LogP contribution in [0.1, 0.15) is 39.5 Å². The van der Waals surface area contributed by atoms with Gasteiger partial charge in [0.15, 0.2) is 0 Å². The van der Waals surface area contributed by atoms with Gasteiger partial charge >= 0.3 is 0 Å². The molecule has 1 atom stereocenters. The summed E-state index contributed by atoms with van der Waals surface area (Å²) in [4.78, 5) is 11.6. The molecule has 0 aromatic rings. The average molecular weight is 244 g/mol. The van der Waals surface area contributed by atoms with Crippen LogP contribution in [0.15, 0.2) is 0 Å². The Hall–Kier alpha value is -0.220. The molecule has 16 heavy (non-hydrogen) atoms. The van der Waals surface area contributed by atoms with Crippen LogP contribution in [0.2, 0.25) is 0 Å². The summed E-state index contributed by atoms with van der Waals surface area (Å²) < 4.78 is 0. The van der Waals surface area contributed by atoms with Crippen molar-refractivity contribution < 1.29 is 4.79 Å². The van der Waals surface area contributed by atoms with Crippen molar-refractivity contribution in [3.8, 4) is 0 Å². The van der Waals surface area contributed by atoms with E-state index in [1.807, 2.05) is 11.8 Å². The summed E-state index contributed by atoms with van der Waals surface area (Å²) >= 11 is 1.98. The van der Waals surface area contributed by atoms with Crippen LogP contribution in [-0.4, -0.2) is 36.0 Å². The number of carbonyl (C=O) groups is 1. The molecule has 2 N–H and O–H groups in total. The van der Waals surface area contributed by atoms with E-state index < -0.39 is 0 Å². The highest BCUT2D eigenvalue weighted by Crippen LogP contribution is 2.16. The minimum atomic E-state index is 0.143. The van der Waals surface area contributed by atoms with Crippen molar-refractivity contribution in [3.05, 3.63) is 0 Å². The van der Waals surface area contributed by atoms with E-state index in [1.54, 1.807) is 0 Å². The third-order valence-corrected chi connectivity index (χ3v) is 4.28. The van der Waals surface area contributed by atoms with E-state index in [-0.39, 0.29) is 5.91 Å². The SMILES string of the molecule is CCC(CC)NC(=O)CNC1CCCSC1. The molecule has 0 aliphatic carbocycles. The van der Waals surface area contributed by atoms with Crippen molar-refractivity contribution in [2.24, 2.45) is 0 Å². The molecule has 0 spiro atoms. The van der Waals surface area contributed by atoms with E-state index in [4.69, 9.17) is 0 Å². The second-order valence-corrected chi connectivity index (χ2v) is 5.53. The first-order valence-corrected chi connectivity index (χ1v) is 7.52. The summed E-state index contributed by atoms with van der Waals surface area (Å²) in [5, 5.41) is 6.39. The Morgan fingerprint density at radius 1 is 1.44 bits per heavy atom. The summed E-state index contributed by atoms with van der Waals surface area (Å²) in [5.41, 5.74) is 0. The Morgan fingerprint density at radius 2 is 2.19 bits per heavy atom. The van der Waals surface area contributed by atoms with Gasteiger partial charge in [-0.05, 0) is 31.4 Å². The minimum Gasteiger partial charge on any atom is -0.352 e. The molecule has 1 unspecified atom stereocenters. The predicted molar refractivity (Wildman–Crippen MR) is 70.9 cm³/mol. The van der Waals surface area contributed by atoms with Gasteiger partial charge in [-0.1, -0.05) is 13.8 Å². The van der Waals surface area contributed by atoms with Crippen molar-refractivity contribution >= 4 is 17.7 Å². The van der Waals surface area contributed by atoms with Gasteiger partial charge in [-0.15, -0.1) is 0 Å². The van der Waals surface area contributed by atoms with Crippen molar-refractivity contribution in [2.45, 2.75) is 51.6 Å². The normalized spacial score (nSPS) is 21.1. The highest BCUT2D eigenvalue weighted by molar-refractivity contribution is 7.99. The topological polar surface area (TPSA) is 41.1 Å². The Morgan fingerprint density at radius 3 is 2.75 bits per heavy atom. The summed E-state index contributed by atoms with van der Waals surface area (Å²) in [7, 11) is 0. The molecule has 3 nitrogen and oxygen atoms in total.